The molecule has 1 atom stereocenters. The van der Waals surface area contributed by atoms with E-state index in [1.165, 1.54) is 18.3 Å². The Balaban J connectivity index is 2.27. The highest BCUT2D eigenvalue weighted by Gasteiger charge is 2.38. The zero-order valence-corrected chi connectivity index (χ0v) is 11.8. The molecule has 0 radical (unpaired) electrons. The summed E-state index contributed by atoms with van der Waals surface area (Å²) in [5, 5.41) is 10.8. The Kier molecular flexibility index (Phi) is 3.84. The van der Waals surface area contributed by atoms with Crippen LogP contribution in [0.5, 0.6) is 0 Å². The number of carbonyl (C=O) groups is 2. The molecule has 94 valence electrons. The van der Waals surface area contributed by atoms with Crippen LogP contribution in [-0.2, 0) is 9.59 Å². The molecule has 1 amide bonds. The van der Waals surface area contributed by atoms with Gasteiger partial charge < -0.3 is 5.11 Å². The minimum Gasteiger partial charge on any atom is -0.480 e. The third kappa shape index (κ3) is 2.47. The average molecular weight is 299 g/mol. The van der Waals surface area contributed by atoms with Gasteiger partial charge in [0.2, 0.25) is 0 Å². The first-order valence-corrected chi connectivity index (χ1v) is 7.14. The van der Waals surface area contributed by atoms with Crippen LogP contribution in [0.15, 0.2) is 22.4 Å². The zero-order chi connectivity index (χ0) is 13.3. The standard InChI is InChI=1S/C11H9NO3S3/c1-6(10(14)15)12-9(13)8(18-11(12)16)5-7-3-2-4-17-7/h2-6H,1H3,(H,14,15)/b8-5+/t6-/m1/s1. The average Bonchev–Trinajstić information content (AvgIpc) is 2.88. The second-order valence-electron chi connectivity index (χ2n) is 3.58. The lowest BCUT2D eigenvalue weighted by Crippen LogP contribution is -2.41. The van der Waals surface area contributed by atoms with Crippen molar-refractivity contribution in [3.63, 3.8) is 0 Å². The molecule has 1 aromatic heterocycles. The summed E-state index contributed by atoms with van der Waals surface area (Å²) in [5.41, 5.74) is 0. The fourth-order valence-electron chi connectivity index (χ4n) is 1.43. The van der Waals surface area contributed by atoms with Crippen molar-refractivity contribution < 1.29 is 14.7 Å². The number of thioether (sulfide) groups is 1. The Hall–Kier alpha value is -1.18. The smallest absolute Gasteiger partial charge is 0.326 e. The van der Waals surface area contributed by atoms with E-state index >= 15 is 0 Å². The van der Waals surface area contributed by atoms with Gasteiger partial charge in [-0.05, 0) is 24.4 Å². The highest BCUT2D eigenvalue weighted by molar-refractivity contribution is 8.26. The summed E-state index contributed by atoms with van der Waals surface area (Å²) in [5.74, 6) is -1.41. The minimum atomic E-state index is -1.07. The molecule has 0 aromatic carbocycles. The van der Waals surface area contributed by atoms with E-state index in [9.17, 15) is 9.59 Å². The lowest BCUT2D eigenvalue weighted by Gasteiger charge is -2.18. The number of rotatable bonds is 3. The van der Waals surface area contributed by atoms with Gasteiger partial charge in [0, 0.05) is 4.88 Å². The molecule has 1 aromatic rings. The van der Waals surface area contributed by atoms with Crippen LogP contribution in [0, 0.1) is 0 Å². The second-order valence-corrected chi connectivity index (χ2v) is 6.24. The highest BCUT2D eigenvalue weighted by Crippen LogP contribution is 2.34. The van der Waals surface area contributed by atoms with Gasteiger partial charge in [-0.2, -0.15) is 0 Å². The fraction of sp³-hybridized carbons (Fsp3) is 0.182. The van der Waals surface area contributed by atoms with Crippen molar-refractivity contribution in [2.45, 2.75) is 13.0 Å². The van der Waals surface area contributed by atoms with E-state index in [-0.39, 0.29) is 10.2 Å². The Morgan fingerprint density at radius 2 is 2.33 bits per heavy atom. The minimum absolute atomic E-state index is 0.290. The summed E-state index contributed by atoms with van der Waals surface area (Å²) in [6.45, 7) is 1.45. The van der Waals surface area contributed by atoms with Crippen molar-refractivity contribution in [3.8, 4) is 0 Å². The SMILES string of the molecule is C[C@H](C(=O)O)N1C(=O)/C(=C\c2cccs2)SC1=S. The molecule has 1 aliphatic heterocycles. The van der Waals surface area contributed by atoms with Crippen molar-refractivity contribution in [2.75, 3.05) is 0 Å². The topological polar surface area (TPSA) is 57.6 Å². The third-order valence-electron chi connectivity index (χ3n) is 2.38. The molecule has 2 heterocycles. The van der Waals surface area contributed by atoms with Crippen molar-refractivity contribution in [1.29, 1.82) is 0 Å². The first-order chi connectivity index (χ1) is 8.50. The summed E-state index contributed by atoms with van der Waals surface area (Å²) in [4.78, 5) is 25.6. The normalized spacial score (nSPS) is 19.6. The summed E-state index contributed by atoms with van der Waals surface area (Å²) in [6, 6.07) is 2.83. The maximum absolute atomic E-state index is 12.1. The van der Waals surface area contributed by atoms with Gasteiger partial charge in [0.15, 0.2) is 0 Å². The van der Waals surface area contributed by atoms with Gasteiger partial charge in [-0.25, -0.2) is 4.79 Å². The molecule has 18 heavy (non-hydrogen) atoms. The lowest BCUT2D eigenvalue weighted by atomic mass is 10.3. The van der Waals surface area contributed by atoms with Gasteiger partial charge >= 0.3 is 5.97 Å². The maximum atomic E-state index is 12.1. The first kappa shape index (κ1) is 13.3. The predicted molar refractivity (Wildman–Crippen MR) is 76.4 cm³/mol. The van der Waals surface area contributed by atoms with Crippen molar-refractivity contribution in [3.05, 3.63) is 27.3 Å². The quantitative estimate of drug-likeness (QED) is 0.686. The maximum Gasteiger partial charge on any atom is 0.326 e. The van der Waals surface area contributed by atoms with Crippen LogP contribution in [0.25, 0.3) is 6.08 Å². The van der Waals surface area contributed by atoms with E-state index in [2.05, 4.69) is 0 Å². The van der Waals surface area contributed by atoms with Gasteiger partial charge in [0.25, 0.3) is 5.91 Å². The molecular weight excluding hydrogens is 290 g/mol. The molecule has 0 aliphatic carbocycles. The summed E-state index contributed by atoms with van der Waals surface area (Å²) >= 11 is 7.70. The Morgan fingerprint density at radius 3 is 2.89 bits per heavy atom. The molecule has 2 rings (SSSR count). The van der Waals surface area contributed by atoms with Crippen LogP contribution in [0.2, 0.25) is 0 Å². The van der Waals surface area contributed by atoms with Crippen LogP contribution in [0.4, 0.5) is 0 Å². The van der Waals surface area contributed by atoms with Crippen LogP contribution >= 0.6 is 35.3 Å². The molecule has 1 fully saturated rings. The van der Waals surface area contributed by atoms with Gasteiger partial charge in [0.05, 0.1) is 4.91 Å². The van der Waals surface area contributed by atoms with Crippen LogP contribution < -0.4 is 0 Å². The number of thiocarbonyl (C=S) groups is 1. The molecule has 1 saturated heterocycles. The zero-order valence-electron chi connectivity index (χ0n) is 9.32. The van der Waals surface area contributed by atoms with Crippen molar-refractivity contribution in [2.24, 2.45) is 0 Å². The number of carboxylic acids is 1. The van der Waals surface area contributed by atoms with E-state index in [4.69, 9.17) is 17.3 Å². The Morgan fingerprint density at radius 1 is 1.61 bits per heavy atom. The molecule has 0 spiro atoms. The largest absolute Gasteiger partial charge is 0.480 e. The van der Waals surface area contributed by atoms with Crippen LogP contribution in [0.3, 0.4) is 0 Å². The molecule has 1 aliphatic rings. The number of hydrogen-bond donors (Lipinski definition) is 1. The number of aliphatic carboxylic acids is 1. The molecule has 4 nitrogen and oxygen atoms in total. The molecule has 7 heteroatoms. The number of thiophene rings is 1. The number of nitrogens with zero attached hydrogens (tertiary/aromatic N) is 1. The van der Waals surface area contributed by atoms with Gasteiger partial charge in [-0.1, -0.05) is 30.0 Å². The fourth-order valence-corrected chi connectivity index (χ4v) is 3.57. The predicted octanol–water partition coefficient (Wildman–Crippen LogP) is 2.42. The van der Waals surface area contributed by atoms with E-state index < -0.39 is 12.0 Å². The number of hydrogen-bond acceptors (Lipinski definition) is 5. The van der Waals surface area contributed by atoms with Crippen LogP contribution in [-0.4, -0.2) is 32.2 Å². The Labute approximate surface area is 117 Å². The van der Waals surface area contributed by atoms with Crippen LogP contribution in [0.1, 0.15) is 11.8 Å². The van der Waals surface area contributed by atoms with E-state index in [0.29, 0.717) is 4.91 Å². The van der Waals surface area contributed by atoms with Gasteiger partial charge in [-0.3, -0.25) is 9.69 Å². The first-order valence-electron chi connectivity index (χ1n) is 5.04. The lowest BCUT2D eigenvalue weighted by molar-refractivity contribution is -0.144. The second kappa shape index (κ2) is 5.21. The number of carboxylic acid groups (broad SMARTS) is 1. The molecule has 1 N–H and O–H groups in total. The van der Waals surface area contributed by atoms with E-state index in [1.807, 2.05) is 17.5 Å². The monoisotopic (exact) mass is 299 g/mol. The highest BCUT2D eigenvalue weighted by atomic mass is 32.2. The van der Waals surface area contributed by atoms with E-state index in [1.54, 1.807) is 6.08 Å². The van der Waals surface area contributed by atoms with E-state index in [0.717, 1.165) is 21.5 Å². The number of amides is 1. The van der Waals surface area contributed by atoms with Crippen molar-refractivity contribution >= 4 is 57.6 Å². The van der Waals surface area contributed by atoms with Crippen molar-refractivity contribution in [1.82, 2.24) is 4.90 Å². The Bertz CT molecular complexity index is 536. The molecule has 0 saturated carbocycles. The summed E-state index contributed by atoms with van der Waals surface area (Å²) in [6.07, 6.45) is 1.73. The van der Waals surface area contributed by atoms with Gasteiger partial charge in [0.1, 0.15) is 10.4 Å². The molecule has 0 bridgehead atoms. The number of carbonyl (C=O) groups excluding carboxylic acids is 1. The molecular formula is C11H9NO3S3. The van der Waals surface area contributed by atoms with Gasteiger partial charge in [-0.15, -0.1) is 11.3 Å². The molecule has 0 unspecified atom stereocenters. The summed E-state index contributed by atoms with van der Waals surface area (Å²) < 4.78 is 0.290. The summed E-state index contributed by atoms with van der Waals surface area (Å²) in [7, 11) is 0. The third-order valence-corrected chi connectivity index (χ3v) is 4.53.